The van der Waals surface area contributed by atoms with Gasteiger partial charge >= 0.3 is 5.69 Å². The minimum Gasteiger partial charge on any atom is -0.502 e. The van der Waals surface area contributed by atoms with Crippen molar-refractivity contribution >= 4 is 39.4 Å². The first-order valence-corrected chi connectivity index (χ1v) is 9.61. The summed E-state index contributed by atoms with van der Waals surface area (Å²) in [5.41, 5.74) is 4.39. The molecule has 0 saturated carbocycles. The van der Waals surface area contributed by atoms with Gasteiger partial charge in [0, 0.05) is 33.9 Å². The van der Waals surface area contributed by atoms with Gasteiger partial charge in [0.05, 0.1) is 11.1 Å². The van der Waals surface area contributed by atoms with E-state index in [2.05, 4.69) is 31.8 Å². The Hall–Kier alpha value is -3.72. The van der Waals surface area contributed by atoms with Crippen molar-refractivity contribution in [3.05, 3.63) is 98.0 Å². The average molecular weight is 469 g/mol. The number of rotatable bonds is 7. The SMILES string of the molecule is O=C(N/N=C/c1cc(Br)cc([N+](=O)[O-])c1O)c1ccc(CNc2ccccc2)cc1. The van der Waals surface area contributed by atoms with Crippen molar-refractivity contribution in [3.63, 3.8) is 0 Å². The van der Waals surface area contributed by atoms with E-state index >= 15 is 0 Å². The fourth-order valence-electron chi connectivity index (χ4n) is 2.60. The zero-order valence-electron chi connectivity index (χ0n) is 15.6. The standard InChI is InChI=1S/C21H17BrN4O4/c22-17-10-16(20(27)19(11-17)26(29)30)13-24-25-21(28)15-8-6-14(7-9-15)12-23-18-4-2-1-3-5-18/h1-11,13,23,27H,12H2,(H,25,28)/b24-13+. The summed E-state index contributed by atoms with van der Waals surface area (Å²) < 4.78 is 0.402. The molecular weight excluding hydrogens is 452 g/mol. The number of hydrazone groups is 1. The van der Waals surface area contributed by atoms with Crippen molar-refractivity contribution in [1.82, 2.24) is 5.43 Å². The van der Waals surface area contributed by atoms with Crippen molar-refractivity contribution in [1.29, 1.82) is 0 Å². The lowest BCUT2D eigenvalue weighted by Gasteiger charge is -2.07. The van der Waals surface area contributed by atoms with Gasteiger partial charge in [0.1, 0.15) is 0 Å². The van der Waals surface area contributed by atoms with E-state index in [0.29, 0.717) is 16.6 Å². The van der Waals surface area contributed by atoms with Gasteiger partial charge in [0.2, 0.25) is 5.75 Å². The van der Waals surface area contributed by atoms with Crippen LogP contribution in [0, 0.1) is 10.1 Å². The van der Waals surface area contributed by atoms with Gasteiger partial charge in [-0.25, -0.2) is 5.43 Å². The molecule has 8 nitrogen and oxygen atoms in total. The summed E-state index contributed by atoms with van der Waals surface area (Å²) in [6, 6.07) is 19.4. The molecule has 3 aromatic rings. The van der Waals surface area contributed by atoms with E-state index in [1.807, 2.05) is 42.5 Å². The lowest BCUT2D eigenvalue weighted by atomic mass is 10.1. The van der Waals surface area contributed by atoms with Crippen LogP contribution in [-0.2, 0) is 6.54 Å². The van der Waals surface area contributed by atoms with Crippen LogP contribution in [0.5, 0.6) is 5.75 Å². The highest BCUT2D eigenvalue weighted by Gasteiger charge is 2.17. The molecule has 0 aliphatic carbocycles. The van der Waals surface area contributed by atoms with Crippen molar-refractivity contribution in [2.75, 3.05) is 5.32 Å². The summed E-state index contributed by atoms with van der Waals surface area (Å²) >= 11 is 3.14. The van der Waals surface area contributed by atoms with Gasteiger partial charge in [0.25, 0.3) is 5.91 Å². The molecule has 0 spiro atoms. The van der Waals surface area contributed by atoms with Crippen LogP contribution < -0.4 is 10.7 Å². The van der Waals surface area contributed by atoms with Crippen LogP contribution in [0.1, 0.15) is 21.5 Å². The van der Waals surface area contributed by atoms with Crippen molar-refractivity contribution in [2.45, 2.75) is 6.54 Å². The van der Waals surface area contributed by atoms with E-state index in [9.17, 15) is 20.0 Å². The van der Waals surface area contributed by atoms with Crippen molar-refractivity contribution < 1.29 is 14.8 Å². The van der Waals surface area contributed by atoms with E-state index in [-0.39, 0.29) is 5.56 Å². The maximum absolute atomic E-state index is 12.2. The number of halogens is 1. The van der Waals surface area contributed by atoms with Crippen LogP contribution in [0.25, 0.3) is 0 Å². The molecule has 0 fully saturated rings. The molecule has 0 atom stereocenters. The highest BCUT2D eigenvalue weighted by molar-refractivity contribution is 9.10. The van der Waals surface area contributed by atoms with E-state index < -0.39 is 22.3 Å². The Morgan fingerprint density at radius 2 is 1.83 bits per heavy atom. The number of amides is 1. The predicted molar refractivity (Wildman–Crippen MR) is 118 cm³/mol. The number of nitrogens with zero attached hydrogens (tertiary/aromatic N) is 2. The van der Waals surface area contributed by atoms with Crippen molar-refractivity contribution in [2.24, 2.45) is 5.10 Å². The summed E-state index contributed by atoms with van der Waals surface area (Å²) in [5.74, 6) is -0.978. The Morgan fingerprint density at radius 3 is 2.50 bits per heavy atom. The second-order valence-electron chi connectivity index (χ2n) is 6.24. The first-order chi connectivity index (χ1) is 14.4. The van der Waals surface area contributed by atoms with E-state index in [0.717, 1.165) is 17.5 Å². The van der Waals surface area contributed by atoms with Crippen LogP contribution >= 0.6 is 15.9 Å². The number of carbonyl (C=O) groups is 1. The number of nitro benzene ring substituents is 1. The number of hydrogen-bond donors (Lipinski definition) is 3. The molecule has 3 rings (SSSR count). The minimum atomic E-state index is -0.704. The number of aromatic hydroxyl groups is 1. The fraction of sp³-hybridized carbons (Fsp3) is 0.0476. The molecule has 0 unspecified atom stereocenters. The summed E-state index contributed by atoms with van der Waals surface area (Å²) in [6.45, 7) is 0.616. The van der Waals surface area contributed by atoms with Gasteiger partial charge in [-0.15, -0.1) is 0 Å². The van der Waals surface area contributed by atoms with Crippen LogP contribution in [0.15, 0.2) is 76.3 Å². The molecule has 1 amide bonds. The molecule has 0 aromatic heterocycles. The predicted octanol–water partition coefficient (Wildman–Crippen LogP) is 4.44. The van der Waals surface area contributed by atoms with Gasteiger partial charge in [-0.3, -0.25) is 14.9 Å². The normalized spacial score (nSPS) is 10.7. The molecule has 0 saturated heterocycles. The molecule has 152 valence electrons. The molecule has 0 aliphatic heterocycles. The Labute approximate surface area is 180 Å². The summed E-state index contributed by atoms with van der Waals surface area (Å²) in [4.78, 5) is 22.5. The molecule has 3 aromatic carbocycles. The summed E-state index contributed by atoms with van der Waals surface area (Å²) in [7, 11) is 0. The van der Waals surface area contributed by atoms with Crippen molar-refractivity contribution in [3.8, 4) is 5.75 Å². The average Bonchev–Trinajstić information content (AvgIpc) is 2.75. The molecule has 3 N–H and O–H groups in total. The van der Waals surface area contributed by atoms with Crippen LogP contribution in [-0.4, -0.2) is 22.2 Å². The molecule has 9 heteroatoms. The highest BCUT2D eigenvalue weighted by atomic mass is 79.9. The molecule has 0 radical (unpaired) electrons. The number of hydrogen-bond acceptors (Lipinski definition) is 6. The molecule has 0 heterocycles. The quantitative estimate of drug-likeness (QED) is 0.269. The van der Waals surface area contributed by atoms with Gasteiger partial charge in [-0.1, -0.05) is 46.3 Å². The third-order valence-electron chi connectivity index (χ3n) is 4.14. The minimum absolute atomic E-state index is 0.0960. The second kappa shape index (κ2) is 9.66. The zero-order chi connectivity index (χ0) is 21.5. The molecule has 30 heavy (non-hydrogen) atoms. The van der Waals surface area contributed by atoms with Gasteiger partial charge < -0.3 is 10.4 Å². The zero-order valence-corrected chi connectivity index (χ0v) is 17.2. The number of benzene rings is 3. The Balaban J connectivity index is 1.60. The van der Waals surface area contributed by atoms with E-state index in [4.69, 9.17) is 0 Å². The lowest BCUT2D eigenvalue weighted by molar-refractivity contribution is -0.385. The Kier molecular flexibility index (Phi) is 6.76. The summed E-state index contributed by atoms with van der Waals surface area (Å²) in [5, 5.41) is 28.0. The number of phenols is 1. The topological polar surface area (TPSA) is 117 Å². The number of nitro groups is 1. The number of anilines is 1. The van der Waals surface area contributed by atoms with Gasteiger partial charge in [-0.05, 0) is 35.9 Å². The molecular formula is C21H17BrN4O4. The maximum atomic E-state index is 12.2. The third kappa shape index (κ3) is 5.42. The number of phenolic OH excluding ortho intramolecular Hbond substituents is 1. The molecule has 0 bridgehead atoms. The van der Waals surface area contributed by atoms with E-state index in [1.165, 1.54) is 12.1 Å². The number of nitrogens with one attached hydrogen (secondary N) is 2. The monoisotopic (exact) mass is 468 g/mol. The third-order valence-corrected chi connectivity index (χ3v) is 4.59. The Bertz CT molecular complexity index is 1090. The van der Waals surface area contributed by atoms with Crippen LogP contribution in [0.4, 0.5) is 11.4 Å². The van der Waals surface area contributed by atoms with Gasteiger partial charge in [0.15, 0.2) is 0 Å². The number of carbonyl (C=O) groups excluding carboxylic acids is 1. The highest BCUT2D eigenvalue weighted by Crippen LogP contribution is 2.32. The smallest absolute Gasteiger partial charge is 0.312 e. The largest absolute Gasteiger partial charge is 0.502 e. The second-order valence-corrected chi connectivity index (χ2v) is 7.15. The first-order valence-electron chi connectivity index (χ1n) is 8.82. The van der Waals surface area contributed by atoms with Gasteiger partial charge in [-0.2, -0.15) is 5.10 Å². The fourth-order valence-corrected chi connectivity index (χ4v) is 3.07. The lowest BCUT2D eigenvalue weighted by Crippen LogP contribution is -2.17. The Morgan fingerprint density at radius 1 is 1.13 bits per heavy atom. The summed E-state index contributed by atoms with van der Waals surface area (Å²) in [6.07, 6.45) is 1.14. The maximum Gasteiger partial charge on any atom is 0.312 e. The number of para-hydroxylation sites is 1. The first kappa shape index (κ1) is 21.0. The molecule has 0 aliphatic rings. The van der Waals surface area contributed by atoms with E-state index in [1.54, 1.807) is 12.1 Å². The van der Waals surface area contributed by atoms with Crippen LogP contribution in [0.2, 0.25) is 0 Å². The van der Waals surface area contributed by atoms with Crippen LogP contribution in [0.3, 0.4) is 0 Å².